The van der Waals surface area contributed by atoms with Crippen molar-refractivity contribution in [3.05, 3.63) is 54.0 Å². The average Bonchev–Trinajstić information content (AvgIpc) is 3.01. The van der Waals surface area contributed by atoms with Gasteiger partial charge in [0, 0.05) is 29.5 Å². The highest BCUT2D eigenvalue weighted by Crippen LogP contribution is 2.50. The SMILES string of the molecule is NC(=O)c1ccc2nn(-c3cccnc3)c(CC3CC3(F)F)c2c1. The number of amides is 1. The first-order valence-electron chi connectivity index (χ1n) is 7.55. The Morgan fingerprint density at radius 3 is 2.79 bits per heavy atom. The van der Waals surface area contributed by atoms with Gasteiger partial charge in [0.1, 0.15) is 0 Å². The molecule has 1 amide bonds. The van der Waals surface area contributed by atoms with Gasteiger partial charge in [-0.3, -0.25) is 9.78 Å². The number of hydrogen-bond acceptors (Lipinski definition) is 3. The van der Waals surface area contributed by atoms with Crippen molar-refractivity contribution in [2.75, 3.05) is 0 Å². The Kier molecular flexibility index (Phi) is 3.13. The normalized spacial score (nSPS) is 18.7. The molecule has 0 aliphatic heterocycles. The van der Waals surface area contributed by atoms with Crippen molar-refractivity contribution >= 4 is 16.8 Å². The molecule has 1 aromatic carbocycles. The van der Waals surface area contributed by atoms with Crippen molar-refractivity contribution in [3.63, 3.8) is 0 Å². The van der Waals surface area contributed by atoms with Crippen molar-refractivity contribution < 1.29 is 13.6 Å². The molecule has 0 saturated heterocycles. The smallest absolute Gasteiger partial charge is 0.252 e. The van der Waals surface area contributed by atoms with Crippen LogP contribution in [0.2, 0.25) is 0 Å². The lowest BCUT2D eigenvalue weighted by molar-refractivity contribution is 0.0982. The van der Waals surface area contributed by atoms with E-state index in [1.54, 1.807) is 41.3 Å². The number of fused-ring (bicyclic) bond motifs is 1. The third kappa shape index (κ3) is 2.42. The Hall–Kier alpha value is -2.83. The molecule has 0 radical (unpaired) electrons. The molecule has 1 atom stereocenters. The third-order valence-corrected chi connectivity index (χ3v) is 4.34. The molecular weight excluding hydrogens is 314 g/mol. The largest absolute Gasteiger partial charge is 0.366 e. The number of carbonyl (C=O) groups excluding carboxylic acids is 1. The van der Waals surface area contributed by atoms with E-state index < -0.39 is 17.7 Å². The fourth-order valence-electron chi connectivity index (χ4n) is 2.90. The molecule has 1 fully saturated rings. The number of alkyl halides is 2. The second-order valence-electron chi connectivity index (χ2n) is 6.03. The second-order valence-corrected chi connectivity index (χ2v) is 6.03. The van der Waals surface area contributed by atoms with Crippen molar-refractivity contribution in [2.45, 2.75) is 18.8 Å². The van der Waals surface area contributed by atoms with Crippen molar-refractivity contribution in [1.82, 2.24) is 14.8 Å². The number of rotatable bonds is 4. The molecule has 7 heteroatoms. The minimum absolute atomic E-state index is 0.123. The number of pyridine rings is 1. The summed E-state index contributed by atoms with van der Waals surface area (Å²) in [6.07, 6.45) is 3.31. The fraction of sp³-hybridized carbons (Fsp3) is 0.235. The zero-order valence-corrected chi connectivity index (χ0v) is 12.6. The van der Waals surface area contributed by atoms with Crippen LogP contribution in [-0.2, 0) is 6.42 Å². The van der Waals surface area contributed by atoms with E-state index in [1.165, 1.54) is 0 Å². The lowest BCUT2D eigenvalue weighted by atomic mass is 10.1. The Morgan fingerprint density at radius 2 is 2.17 bits per heavy atom. The first kappa shape index (κ1) is 14.7. The second kappa shape index (κ2) is 5.09. The number of halogens is 2. The maximum atomic E-state index is 13.4. The van der Waals surface area contributed by atoms with Crippen LogP contribution in [0.5, 0.6) is 0 Å². The van der Waals surface area contributed by atoms with Crippen LogP contribution in [-0.4, -0.2) is 26.6 Å². The van der Waals surface area contributed by atoms with Gasteiger partial charge in [-0.05, 0) is 36.8 Å². The third-order valence-electron chi connectivity index (χ3n) is 4.34. The monoisotopic (exact) mass is 328 g/mol. The van der Waals surface area contributed by atoms with Crippen molar-refractivity contribution in [2.24, 2.45) is 11.7 Å². The lowest BCUT2D eigenvalue weighted by Gasteiger charge is -2.07. The van der Waals surface area contributed by atoms with Gasteiger partial charge in [-0.15, -0.1) is 0 Å². The number of nitrogens with zero attached hydrogens (tertiary/aromatic N) is 3. The van der Waals surface area contributed by atoms with E-state index >= 15 is 0 Å². The van der Waals surface area contributed by atoms with Gasteiger partial charge in [-0.25, -0.2) is 13.5 Å². The summed E-state index contributed by atoms with van der Waals surface area (Å²) in [7, 11) is 0. The first-order valence-corrected chi connectivity index (χ1v) is 7.55. The van der Waals surface area contributed by atoms with E-state index in [0.717, 1.165) is 0 Å². The highest BCUT2D eigenvalue weighted by Gasteiger charge is 2.56. The van der Waals surface area contributed by atoms with E-state index in [4.69, 9.17) is 5.73 Å². The molecule has 0 bridgehead atoms. The standard InChI is InChI=1S/C17H14F2N4O/c18-17(19)8-11(17)7-15-13-6-10(16(20)24)3-4-14(13)22-23(15)12-2-1-5-21-9-12/h1-6,9,11H,7-8H2,(H2,20,24). The first-order chi connectivity index (χ1) is 11.5. The molecule has 3 aromatic rings. The van der Waals surface area contributed by atoms with E-state index in [9.17, 15) is 13.6 Å². The fourth-order valence-corrected chi connectivity index (χ4v) is 2.90. The van der Waals surface area contributed by atoms with Gasteiger partial charge < -0.3 is 5.73 Å². The number of carbonyl (C=O) groups is 1. The molecule has 24 heavy (non-hydrogen) atoms. The van der Waals surface area contributed by atoms with Crippen LogP contribution < -0.4 is 5.73 Å². The van der Waals surface area contributed by atoms with Crippen LogP contribution in [0.3, 0.4) is 0 Å². The van der Waals surface area contributed by atoms with Crippen LogP contribution >= 0.6 is 0 Å². The Morgan fingerprint density at radius 1 is 1.38 bits per heavy atom. The summed E-state index contributed by atoms with van der Waals surface area (Å²) in [6, 6.07) is 8.44. The number of primary amides is 1. The van der Waals surface area contributed by atoms with Gasteiger partial charge in [0.05, 0.1) is 23.1 Å². The van der Waals surface area contributed by atoms with Gasteiger partial charge >= 0.3 is 0 Å². The number of benzene rings is 1. The number of hydrogen-bond donors (Lipinski definition) is 1. The minimum atomic E-state index is -2.63. The van der Waals surface area contributed by atoms with Gasteiger partial charge in [0.15, 0.2) is 0 Å². The number of aromatic nitrogens is 3. The molecule has 5 nitrogen and oxygen atoms in total. The van der Waals surface area contributed by atoms with E-state index in [1.807, 2.05) is 6.07 Å². The molecular formula is C17H14F2N4O. The van der Waals surface area contributed by atoms with Gasteiger partial charge in [0.2, 0.25) is 5.91 Å². The molecule has 0 spiro atoms. The van der Waals surface area contributed by atoms with Crippen LogP contribution in [0.15, 0.2) is 42.7 Å². The highest BCUT2D eigenvalue weighted by molar-refractivity contribution is 5.97. The molecule has 2 aromatic heterocycles. The molecule has 1 aliphatic rings. The van der Waals surface area contributed by atoms with Gasteiger partial charge in [-0.1, -0.05) is 0 Å². The highest BCUT2D eigenvalue weighted by atomic mass is 19.3. The molecule has 2 heterocycles. The Balaban J connectivity index is 1.89. The van der Waals surface area contributed by atoms with Crippen molar-refractivity contribution in [1.29, 1.82) is 0 Å². The van der Waals surface area contributed by atoms with Gasteiger partial charge in [-0.2, -0.15) is 5.10 Å². The van der Waals surface area contributed by atoms with Crippen LogP contribution in [0.4, 0.5) is 8.78 Å². The summed E-state index contributed by atoms with van der Waals surface area (Å²) >= 11 is 0. The predicted molar refractivity (Wildman–Crippen MR) is 84.1 cm³/mol. The predicted octanol–water partition coefficient (Wildman–Crippen LogP) is 2.72. The zero-order valence-electron chi connectivity index (χ0n) is 12.6. The lowest BCUT2D eigenvalue weighted by Crippen LogP contribution is -2.10. The van der Waals surface area contributed by atoms with Crippen LogP contribution in [0.1, 0.15) is 22.5 Å². The molecule has 1 unspecified atom stereocenters. The Labute approximate surface area is 136 Å². The molecule has 1 aliphatic carbocycles. The molecule has 2 N–H and O–H groups in total. The summed E-state index contributed by atoms with van der Waals surface area (Å²) < 4.78 is 28.4. The summed E-state index contributed by atoms with van der Waals surface area (Å²) in [6.45, 7) is 0. The quantitative estimate of drug-likeness (QED) is 0.800. The van der Waals surface area contributed by atoms with Crippen molar-refractivity contribution in [3.8, 4) is 5.69 Å². The minimum Gasteiger partial charge on any atom is -0.366 e. The maximum Gasteiger partial charge on any atom is 0.252 e. The Bertz CT molecular complexity index is 936. The van der Waals surface area contributed by atoms with Crippen LogP contribution in [0.25, 0.3) is 16.6 Å². The molecule has 4 rings (SSSR count). The summed E-state index contributed by atoms with van der Waals surface area (Å²) in [4.78, 5) is 15.5. The van der Waals surface area contributed by atoms with E-state index in [0.29, 0.717) is 27.8 Å². The molecule has 122 valence electrons. The maximum absolute atomic E-state index is 13.4. The van der Waals surface area contributed by atoms with Crippen LogP contribution in [0, 0.1) is 5.92 Å². The average molecular weight is 328 g/mol. The summed E-state index contributed by atoms with van der Waals surface area (Å²) in [5.41, 5.74) is 7.62. The topological polar surface area (TPSA) is 73.8 Å². The van der Waals surface area contributed by atoms with Gasteiger partial charge in [0.25, 0.3) is 5.92 Å². The molecule has 1 saturated carbocycles. The van der Waals surface area contributed by atoms with E-state index in [2.05, 4.69) is 10.1 Å². The number of nitrogens with two attached hydrogens (primary N) is 1. The van der Waals surface area contributed by atoms with E-state index in [-0.39, 0.29) is 12.8 Å². The zero-order chi connectivity index (χ0) is 16.9. The summed E-state index contributed by atoms with van der Waals surface area (Å²) in [5.74, 6) is -3.89. The summed E-state index contributed by atoms with van der Waals surface area (Å²) in [5, 5.41) is 5.16.